The summed E-state index contributed by atoms with van der Waals surface area (Å²) in [6.07, 6.45) is 5.09. The largest absolute Gasteiger partial charge is 0.467 e. The molecule has 1 heterocycles. The van der Waals surface area contributed by atoms with Crippen molar-refractivity contribution in [2.45, 2.75) is 39.2 Å². The van der Waals surface area contributed by atoms with Gasteiger partial charge < -0.3 is 10.1 Å². The molecule has 0 aliphatic carbocycles. The Kier molecular flexibility index (Phi) is 6.74. The first-order valence-corrected chi connectivity index (χ1v) is 8.45. The van der Waals surface area contributed by atoms with Gasteiger partial charge in [0.2, 0.25) is 5.91 Å². The Balaban J connectivity index is 1.89. The van der Waals surface area contributed by atoms with E-state index in [1.807, 2.05) is 50.4 Å². The van der Waals surface area contributed by atoms with Gasteiger partial charge in [0.05, 0.1) is 19.0 Å². The Morgan fingerprint density at radius 1 is 1.24 bits per heavy atom. The monoisotopic (exact) mass is 343 g/mol. The highest BCUT2D eigenvalue weighted by molar-refractivity contribution is 5.84. The van der Waals surface area contributed by atoms with Crippen LogP contribution in [0.1, 0.15) is 32.3 Å². The van der Waals surface area contributed by atoms with E-state index < -0.39 is 12.0 Å². The number of aromatic nitrogens is 2. The fraction of sp³-hybridized carbons (Fsp3) is 0.421. The maximum absolute atomic E-state index is 12.2. The van der Waals surface area contributed by atoms with Crippen molar-refractivity contribution in [2.24, 2.45) is 5.92 Å². The predicted molar refractivity (Wildman–Crippen MR) is 95.3 cm³/mol. The Morgan fingerprint density at radius 2 is 1.96 bits per heavy atom. The van der Waals surface area contributed by atoms with Crippen LogP contribution in [0.3, 0.4) is 0 Å². The molecule has 1 aromatic carbocycles. The summed E-state index contributed by atoms with van der Waals surface area (Å²) in [5.74, 6) is -0.282. The maximum Gasteiger partial charge on any atom is 0.328 e. The zero-order chi connectivity index (χ0) is 18.2. The number of esters is 1. The van der Waals surface area contributed by atoms with Crippen molar-refractivity contribution in [2.75, 3.05) is 7.11 Å². The van der Waals surface area contributed by atoms with E-state index in [9.17, 15) is 9.59 Å². The highest BCUT2D eigenvalue weighted by atomic mass is 16.5. The van der Waals surface area contributed by atoms with Crippen LogP contribution in [0.5, 0.6) is 0 Å². The summed E-state index contributed by atoms with van der Waals surface area (Å²) in [6.45, 7) is 4.00. The topological polar surface area (TPSA) is 73.2 Å². The smallest absolute Gasteiger partial charge is 0.328 e. The molecule has 6 heteroatoms. The van der Waals surface area contributed by atoms with Crippen molar-refractivity contribution in [3.8, 4) is 5.69 Å². The van der Waals surface area contributed by atoms with Crippen molar-refractivity contribution < 1.29 is 14.3 Å². The molecule has 0 saturated carbocycles. The van der Waals surface area contributed by atoms with Crippen molar-refractivity contribution in [3.05, 3.63) is 48.3 Å². The van der Waals surface area contributed by atoms with Gasteiger partial charge in [0.1, 0.15) is 6.04 Å². The first kappa shape index (κ1) is 18.7. The minimum atomic E-state index is -0.593. The number of ether oxygens (including phenoxy) is 1. The highest BCUT2D eigenvalue weighted by Crippen LogP contribution is 2.10. The zero-order valence-corrected chi connectivity index (χ0v) is 14.9. The Labute approximate surface area is 148 Å². The van der Waals surface area contributed by atoms with Gasteiger partial charge in [-0.05, 0) is 36.5 Å². The SMILES string of the molecule is COC(=O)C(CC(C)C)NC(=O)CCc1cnn(-c2ccccc2)c1. The molecule has 25 heavy (non-hydrogen) atoms. The molecule has 1 unspecified atom stereocenters. The lowest BCUT2D eigenvalue weighted by Crippen LogP contribution is -2.42. The standard InChI is InChI=1S/C19H25N3O3/c1-14(2)11-17(19(24)25-3)21-18(23)10-9-15-12-20-22(13-15)16-7-5-4-6-8-16/h4-8,12-14,17H,9-11H2,1-3H3,(H,21,23). The predicted octanol–water partition coefficient (Wildman–Crippen LogP) is 2.51. The molecule has 2 rings (SSSR count). The van der Waals surface area contributed by atoms with E-state index >= 15 is 0 Å². The number of benzene rings is 1. The first-order valence-electron chi connectivity index (χ1n) is 8.45. The first-order chi connectivity index (χ1) is 12.0. The van der Waals surface area contributed by atoms with E-state index in [-0.39, 0.29) is 11.8 Å². The number of hydrogen-bond acceptors (Lipinski definition) is 4. The van der Waals surface area contributed by atoms with Crippen LogP contribution in [0.25, 0.3) is 5.69 Å². The van der Waals surface area contributed by atoms with E-state index in [4.69, 9.17) is 4.74 Å². The molecule has 0 aliphatic heterocycles. The van der Waals surface area contributed by atoms with Crippen molar-refractivity contribution >= 4 is 11.9 Å². The van der Waals surface area contributed by atoms with Crippen molar-refractivity contribution in [1.82, 2.24) is 15.1 Å². The lowest BCUT2D eigenvalue weighted by molar-refractivity contribution is -0.145. The molecule has 2 aromatic rings. The fourth-order valence-corrected chi connectivity index (χ4v) is 2.56. The molecular weight excluding hydrogens is 318 g/mol. The summed E-state index contributed by atoms with van der Waals surface area (Å²) < 4.78 is 6.54. The van der Waals surface area contributed by atoms with Crippen LogP contribution >= 0.6 is 0 Å². The van der Waals surface area contributed by atoms with Gasteiger partial charge >= 0.3 is 5.97 Å². The fourth-order valence-electron chi connectivity index (χ4n) is 2.56. The van der Waals surface area contributed by atoms with E-state index in [0.29, 0.717) is 19.3 Å². The number of hydrogen-bond donors (Lipinski definition) is 1. The third kappa shape index (κ3) is 5.74. The third-order valence-corrected chi connectivity index (χ3v) is 3.83. The van der Waals surface area contributed by atoms with Gasteiger partial charge in [-0.25, -0.2) is 9.48 Å². The second kappa shape index (κ2) is 9.01. The average Bonchev–Trinajstić information content (AvgIpc) is 3.08. The minimum Gasteiger partial charge on any atom is -0.467 e. The Hall–Kier alpha value is -2.63. The molecular formula is C19H25N3O3. The third-order valence-electron chi connectivity index (χ3n) is 3.83. The van der Waals surface area contributed by atoms with Crippen LogP contribution in [-0.2, 0) is 20.7 Å². The van der Waals surface area contributed by atoms with Crippen LogP contribution in [0.4, 0.5) is 0 Å². The molecule has 1 N–H and O–H groups in total. The number of aryl methyl sites for hydroxylation is 1. The van der Waals surface area contributed by atoms with Crippen molar-refractivity contribution in [3.63, 3.8) is 0 Å². The molecule has 134 valence electrons. The zero-order valence-electron chi connectivity index (χ0n) is 14.9. The number of amides is 1. The molecule has 0 spiro atoms. The molecule has 0 aliphatic rings. The van der Waals surface area contributed by atoms with Crippen LogP contribution in [0.2, 0.25) is 0 Å². The second-order valence-electron chi connectivity index (χ2n) is 6.40. The lowest BCUT2D eigenvalue weighted by atomic mass is 10.0. The quantitative estimate of drug-likeness (QED) is 0.748. The number of carbonyl (C=O) groups excluding carboxylic acids is 2. The Bertz CT molecular complexity index is 695. The van der Waals surface area contributed by atoms with E-state index in [0.717, 1.165) is 11.3 Å². The molecule has 0 radical (unpaired) electrons. The molecule has 6 nitrogen and oxygen atoms in total. The van der Waals surface area contributed by atoms with Gasteiger partial charge in [-0.15, -0.1) is 0 Å². The number of rotatable bonds is 8. The van der Waals surface area contributed by atoms with Crippen LogP contribution < -0.4 is 5.32 Å². The average molecular weight is 343 g/mol. The number of methoxy groups -OCH3 is 1. The minimum absolute atomic E-state index is 0.163. The molecule has 1 aromatic heterocycles. The molecule has 1 atom stereocenters. The molecule has 0 bridgehead atoms. The second-order valence-corrected chi connectivity index (χ2v) is 6.40. The van der Waals surface area contributed by atoms with Gasteiger partial charge in [-0.1, -0.05) is 32.0 Å². The van der Waals surface area contributed by atoms with Crippen LogP contribution in [-0.4, -0.2) is 34.8 Å². The van der Waals surface area contributed by atoms with Crippen LogP contribution in [0.15, 0.2) is 42.7 Å². The Morgan fingerprint density at radius 3 is 2.60 bits per heavy atom. The van der Waals surface area contributed by atoms with Gasteiger partial charge in [-0.2, -0.15) is 5.10 Å². The van der Waals surface area contributed by atoms with Gasteiger partial charge in [-0.3, -0.25) is 4.79 Å². The number of carbonyl (C=O) groups is 2. The maximum atomic E-state index is 12.2. The van der Waals surface area contributed by atoms with Crippen LogP contribution in [0, 0.1) is 5.92 Å². The van der Waals surface area contributed by atoms with Gasteiger partial charge in [0.15, 0.2) is 0 Å². The van der Waals surface area contributed by atoms with Crippen molar-refractivity contribution in [1.29, 1.82) is 0 Å². The normalized spacial score (nSPS) is 12.0. The van der Waals surface area contributed by atoms with E-state index in [2.05, 4.69) is 10.4 Å². The van der Waals surface area contributed by atoms with E-state index in [1.54, 1.807) is 10.9 Å². The van der Waals surface area contributed by atoms with E-state index in [1.165, 1.54) is 7.11 Å². The molecule has 1 amide bonds. The summed E-state index contributed by atoms with van der Waals surface area (Å²) in [5, 5.41) is 7.08. The van der Waals surface area contributed by atoms with Gasteiger partial charge in [0, 0.05) is 12.6 Å². The summed E-state index contributed by atoms with van der Waals surface area (Å²) >= 11 is 0. The summed E-state index contributed by atoms with van der Waals surface area (Å²) in [6, 6.07) is 9.20. The summed E-state index contributed by atoms with van der Waals surface area (Å²) in [7, 11) is 1.33. The molecule has 0 saturated heterocycles. The molecule has 0 fully saturated rings. The van der Waals surface area contributed by atoms with Gasteiger partial charge in [0.25, 0.3) is 0 Å². The summed E-state index contributed by atoms with van der Waals surface area (Å²) in [4.78, 5) is 23.9. The highest BCUT2D eigenvalue weighted by Gasteiger charge is 2.22. The number of para-hydroxylation sites is 1. The lowest BCUT2D eigenvalue weighted by Gasteiger charge is -2.18. The number of nitrogens with zero attached hydrogens (tertiary/aromatic N) is 2. The summed E-state index contributed by atoms with van der Waals surface area (Å²) in [5.41, 5.74) is 1.94. The number of nitrogens with one attached hydrogen (secondary N) is 1.